The van der Waals surface area contributed by atoms with Gasteiger partial charge < -0.3 is 9.84 Å². The maximum absolute atomic E-state index is 13.1. The first-order chi connectivity index (χ1) is 9.38. The number of nitrogens with zero attached hydrogens (tertiary/aromatic N) is 1. The standard InChI is InChI=1S/C15H20FNO3/c1-11(6-12-4-3-5-13(16)7-12)17-9-15(2,10-17)20-8-14(18)19/h3-5,7,11H,6,8-10H2,1-2H3,(H,18,19). The molecule has 1 aromatic rings. The van der Waals surface area contributed by atoms with Crippen molar-refractivity contribution >= 4 is 5.97 Å². The zero-order valence-electron chi connectivity index (χ0n) is 11.8. The Morgan fingerprint density at radius 3 is 2.85 bits per heavy atom. The van der Waals surface area contributed by atoms with Crippen molar-refractivity contribution in [1.82, 2.24) is 4.90 Å². The summed E-state index contributed by atoms with van der Waals surface area (Å²) in [4.78, 5) is 12.7. The molecule has 2 rings (SSSR count). The Morgan fingerprint density at radius 2 is 2.25 bits per heavy atom. The van der Waals surface area contributed by atoms with Crippen molar-refractivity contribution in [2.24, 2.45) is 0 Å². The van der Waals surface area contributed by atoms with Crippen LogP contribution in [0, 0.1) is 5.82 Å². The number of aliphatic carboxylic acids is 1. The van der Waals surface area contributed by atoms with Crippen LogP contribution in [0.2, 0.25) is 0 Å². The van der Waals surface area contributed by atoms with E-state index in [1.54, 1.807) is 12.1 Å². The predicted octanol–water partition coefficient (Wildman–Crippen LogP) is 1.93. The van der Waals surface area contributed by atoms with E-state index in [1.807, 2.05) is 13.0 Å². The number of hydrogen-bond donors (Lipinski definition) is 1. The molecule has 110 valence electrons. The van der Waals surface area contributed by atoms with Gasteiger partial charge in [-0.1, -0.05) is 12.1 Å². The summed E-state index contributed by atoms with van der Waals surface area (Å²) >= 11 is 0. The van der Waals surface area contributed by atoms with E-state index in [4.69, 9.17) is 9.84 Å². The number of halogens is 1. The molecule has 4 nitrogen and oxygen atoms in total. The Labute approximate surface area is 118 Å². The molecule has 1 atom stereocenters. The molecule has 1 aliphatic rings. The van der Waals surface area contributed by atoms with Gasteiger partial charge in [0.1, 0.15) is 12.4 Å². The van der Waals surface area contributed by atoms with E-state index in [0.717, 1.165) is 12.0 Å². The highest BCUT2D eigenvalue weighted by molar-refractivity contribution is 5.68. The third-order valence-electron chi connectivity index (χ3n) is 3.66. The summed E-state index contributed by atoms with van der Waals surface area (Å²) in [6, 6.07) is 6.90. The Balaban J connectivity index is 1.81. The molecule has 0 aromatic heterocycles. The lowest BCUT2D eigenvalue weighted by molar-refractivity contribution is -0.168. The second kappa shape index (κ2) is 5.89. The molecular formula is C15H20FNO3. The van der Waals surface area contributed by atoms with Crippen molar-refractivity contribution in [2.45, 2.75) is 31.9 Å². The molecule has 0 saturated carbocycles. The lowest BCUT2D eigenvalue weighted by atomic mass is 9.92. The molecule has 0 aliphatic carbocycles. The topological polar surface area (TPSA) is 49.8 Å². The maximum atomic E-state index is 13.1. The maximum Gasteiger partial charge on any atom is 0.329 e. The molecule has 1 aromatic carbocycles. The minimum absolute atomic E-state index is 0.215. The van der Waals surface area contributed by atoms with Gasteiger partial charge in [-0.3, -0.25) is 4.90 Å². The van der Waals surface area contributed by atoms with Gasteiger partial charge in [0.05, 0.1) is 5.60 Å². The minimum atomic E-state index is -0.947. The van der Waals surface area contributed by atoms with Gasteiger partial charge in [-0.2, -0.15) is 0 Å². The Kier molecular flexibility index (Phi) is 4.40. The number of likely N-dealkylation sites (tertiary alicyclic amines) is 1. The van der Waals surface area contributed by atoms with Gasteiger partial charge in [-0.15, -0.1) is 0 Å². The highest BCUT2D eigenvalue weighted by Crippen LogP contribution is 2.27. The van der Waals surface area contributed by atoms with Gasteiger partial charge in [0, 0.05) is 19.1 Å². The summed E-state index contributed by atoms with van der Waals surface area (Å²) < 4.78 is 18.5. The highest BCUT2D eigenvalue weighted by Gasteiger charge is 2.42. The zero-order valence-corrected chi connectivity index (χ0v) is 11.8. The molecule has 5 heteroatoms. The van der Waals surface area contributed by atoms with E-state index in [2.05, 4.69) is 11.8 Å². The summed E-state index contributed by atoms with van der Waals surface area (Å²) in [5, 5.41) is 8.62. The summed E-state index contributed by atoms with van der Waals surface area (Å²) in [5.41, 5.74) is 0.590. The van der Waals surface area contributed by atoms with E-state index in [0.29, 0.717) is 13.1 Å². The first-order valence-electron chi connectivity index (χ1n) is 6.72. The molecule has 1 N–H and O–H groups in total. The van der Waals surface area contributed by atoms with Crippen LogP contribution in [0.25, 0.3) is 0 Å². The lowest BCUT2D eigenvalue weighted by Crippen LogP contribution is -2.64. The summed E-state index contributed by atoms with van der Waals surface area (Å²) in [6.07, 6.45) is 0.771. The monoisotopic (exact) mass is 281 g/mol. The predicted molar refractivity (Wildman–Crippen MR) is 73.1 cm³/mol. The van der Waals surface area contributed by atoms with E-state index in [-0.39, 0.29) is 24.1 Å². The molecule has 0 amide bonds. The SMILES string of the molecule is CC(Cc1cccc(F)c1)N1CC(C)(OCC(=O)O)C1. The summed E-state index contributed by atoms with van der Waals surface area (Å²) in [5.74, 6) is -1.16. The number of hydrogen-bond acceptors (Lipinski definition) is 3. The van der Waals surface area contributed by atoms with Crippen LogP contribution in [-0.2, 0) is 16.0 Å². The number of ether oxygens (including phenoxy) is 1. The average molecular weight is 281 g/mol. The summed E-state index contributed by atoms with van der Waals surface area (Å²) in [6.45, 7) is 5.15. The molecule has 0 radical (unpaired) electrons. The number of benzene rings is 1. The molecule has 1 fully saturated rings. The largest absolute Gasteiger partial charge is 0.480 e. The van der Waals surface area contributed by atoms with Crippen molar-refractivity contribution in [1.29, 1.82) is 0 Å². The van der Waals surface area contributed by atoms with E-state index >= 15 is 0 Å². The fraction of sp³-hybridized carbons (Fsp3) is 0.533. The smallest absolute Gasteiger partial charge is 0.329 e. The minimum Gasteiger partial charge on any atom is -0.480 e. The number of carbonyl (C=O) groups is 1. The van der Waals surface area contributed by atoms with Gasteiger partial charge in [0.15, 0.2) is 0 Å². The van der Waals surface area contributed by atoms with Gasteiger partial charge in [0.25, 0.3) is 0 Å². The van der Waals surface area contributed by atoms with Crippen LogP contribution < -0.4 is 0 Å². The van der Waals surface area contributed by atoms with Crippen LogP contribution in [0.15, 0.2) is 24.3 Å². The van der Waals surface area contributed by atoms with Gasteiger partial charge in [-0.25, -0.2) is 9.18 Å². The fourth-order valence-electron chi connectivity index (χ4n) is 2.59. The van der Waals surface area contributed by atoms with Gasteiger partial charge in [-0.05, 0) is 38.0 Å². The third-order valence-corrected chi connectivity index (χ3v) is 3.66. The molecule has 1 saturated heterocycles. The zero-order chi connectivity index (χ0) is 14.8. The van der Waals surface area contributed by atoms with Crippen molar-refractivity contribution < 1.29 is 19.0 Å². The molecular weight excluding hydrogens is 261 g/mol. The van der Waals surface area contributed by atoms with Crippen molar-refractivity contribution in [2.75, 3.05) is 19.7 Å². The lowest BCUT2D eigenvalue weighted by Gasteiger charge is -2.50. The van der Waals surface area contributed by atoms with Crippen LogP contribution in [0.3, 0.4) is 0 Å². The molecule has 0 spiro atoms. The summed E-state index contributed by atoms with van der Waals surface area (Å²) in [7, 11) is 0. The Hall–Kier alpha value is -1.46. The quantitative estimate of drug-likeness (QED) is 0.865. The van der Waals surface area contributed by atoms with Crippen LogP contribution in [0.1, 0.15) is 19.4 Å². The second-order valence-electron chi connectivity index (χ2n) is 5.72. The first kappa shape index (κ1) is 14.9. The van der Waals surface area contributed by atoms with Crippen molar-refractivity contribution in [3.05, 3.63) is 35.6 Å². The normalized spacial score (nSPS) is 19.4. The van der Waals surface area contributed by atoms with Crippen molar-refractivity contribution in [3.63, 3.8) is 0 Å². The van der Waals surface area contributed by atoms with E-state index < -0.39 is 5.97 Å². The number of rotatable bonds is 6. The highest BCUT2D eigenvalue weighted by atomic mass is 19.1. The van der Waals surface area contributed by atoms with Crippen LogP contribution >= 0.6 is 0 Å². The van der Waals surface area contributed by atoms with Crippen LogP contribution in [-0.4, -0.2) is 47.3 Å². The first-order valence-corrected chi connectivity index (χ1v) is 6.72. The fourth-order valence-corrected chi connectivity index (χ4v) is 2.59. The van der Waals surface area contributed by atoms with Crippen LogP contribution in [0.4, 0.5) is 4.39 Å². The number of carboxylic acid groups (broad SMARTS) is 1. The second-order valence-corrected chi connectivity index (χ2v) is 5.72. The number of carboxylic acids is 1. The van der Waals surface area contributed by atoms with Crippen molar-refractivity contribution in [3.8, 4) is 0 Å². The van der Waals surface area contributed by atoms with Gasteiger partial charge >= 0.3 is 5.97 Å². The Bertz CT molecular complexity index is 486. The molecule has 1 heterocycles. The molecule has 1 unspecified atom stereocenters. The average Bonchev–Trinajstić information content (AvgIpc) is 2.33. The third kappa shape index (κ3) is 3.77. The molecule has 1 aliphatic heterocycles. The van der Waals surface area contributed by atoms with E-state index in [1.165, 1.54) is 6.07 Å². The molecule has 0 bridgehead atoms. The Morgan fingerprint density at radius 1 is 1.55 bits per heavy atom. The molecule has 20 heavy (non-hydrogen) atoms. The van der Waals surface area contributed by atoms with E-state index in [9.17, 15) is 9.18 Å². The van der Waals surface area contributed by atoms with Gasteiger partial charge in [0.2, 0.25) is 0 Å². The van der Waals surface area contributed by atoms with Crippen LogP contribution in [0.5, 0.6) is 0 Å².